The van der Waals surface area contributed by atoms with Crippen LogP contribution >= 0.6 is 0 Å². The molecule has 1 saturated carbocycles. The molecular weight excluding hydrogens is 362 g/mol. The lowest BCUT2D eigenvalue weighted by molar-refractivity contribution is -0.123. The highest BCUT2D eigenvalue weighted by atomic mass is 16.2. The Bertz CT molecular complexity index is 1180. The standard InChI is InChI=1S/C24H19N3O2/c1-13-2-3-17-12-25-22(26-19(17)10-13)14-6-8-18(9-7-14)27-23(28)20-15-4-5-16(11-15)21(20)24(27)29/h2-10,12,15-16,20-21H,11H2,1H3/t15-,16?,20-,21+/m0/s1. The lowest BCUT2D eigenvalue weighted by atomic mass is 9.85. The number of carbonyl (C=O) groups is 2. The van der Waals surface area contributed by atoms with Gasteiger partial charge in [-0.2, -0.15) is 0 Å². The third-order valence-corrected chi connectivity index (χ3v) is 6.59. The van der Waals surface area contributed by atoms with E-state index in [4.69, 9.17) is 0 Å². The van der Waals surface area contributed by atoms with E-state index in [9.17, 15) is 9.59 Å². The molecular formula is C24H19N3O2. The summed E-state index contributed by atoms with van der Waals surface area (Å²) in [4.78, 5) is 36.5. The summed E-state index contributed by atoms with van der Waals surface area (Å²) < 4.78 is 0. The third-order valence-electron chi connectivity index (χ3n) is 6.59. The second-order valence-electron chi connectivity index (χ2n) is 8.31. The minimum Gasteiger partial charge on any atom is -0.274 e. The summed E-state index contributed by atoms with van der Waals surface area (Å²) in [7, 11) is 0. The Balaban J connectivity index is 1.32. The predicted octanol–water partition coefficient (Wildman–Crippen LogP) is 3.92. The zero-order valence-electron chi connectivity index (χ0n) is 15.9. The van der Waals surface area contributed by atoms with Crippen LogP contribution < -0.4 is 4.90 Å². The van der Waals surface area contributed by atoms with Gasteiger partial charge in [-0.15, -0.1) is 0 Å². The van der Waals surface area contributed by atoms with Crippen LogP contribution in [0.3, 0.4) is 0 Å². The number of carbonyl (C=O) groups excluding carboxylic acids is 2. The number of aryl methyl sites for hydroxylation is 1. The van der Waals surface area contributed by atoms with E-state index in [0.717, 1.165) is 28.5 Å². The van der Waals surface area contributed by atoms with E-state index >= 15 is 0 Å². The second-order valence-corrected chi connectivity index (χ2v) is 8.31. The first-order chi connectivity index (χ1) is 14.1. The summed E-state index contributed by atoms with van der Waals surface area (Å²) in [6.45, 7) is 2.04. The van der Waals surface area contributed by atoms with Gasteiger partial charge in [-0.25, -0.2) is 9.97 Å². The Morgan fingerprint density at radius 2 is 1.62 bits per heavy atom. The Hall–Kier alpha value is -3.34. The highest BCUT2D eigenvalue weighted by molar-refractivity contribution is 6.22. The molecule has 5 heteroatoms. The normalized spacial score (nSPS) is 27.3. The molecule has 2 bridgehead atoms. The number of allylic oxidation sites excluding steroid dienone is 2. The van der Waals surface area contributed by atoms with Gasteiger partial charge < -0.3 is 0 Å². The highest BCUT2D eigenvalue weighted by Crippen LogP contribution is 2.53. The molecule has 2 aliphatic carbocycles. The van der Waals surface area contributed by atoms with Crippen molar-refractivity contribution in [2.24, 2.45) is 23.7 Å². The van der Waals surface area contributed by atoms with E-state index in [2.05, 4.69) is 22.1 Å². The Morgan fingerprint density at radius 1 is 0.931 bits per heavy atom. The molecule has 0 N–H and O–H groups in total. The minimum atomic E-state index is -0.177. The topological polar surface area (TPSA) is 63.2 Å². The van der Waals surface area contributed by atoms with Crippen molar-refractivity contribution in [1.82, 2.24) is 9.97 Å². The molecule has 2 fully saturated rings. The van der Waals surface area contributed by atoms with Crippen LogP contribution in [-0.4, -0.2) is 21.8 Å². The van der Waals surface area contributed by atoms with Crippen molar-refractivity contribution < 1.29 is 9.59 Å². The van der Waals surface area contributed by atoms with Crippen molar-refractivity contribution in [2.75, 3.05) is 4.90 Å². The van der Waals surface area contributed by atoms with Crippen LogP contribution in [0.2, 0.25) is 0 Å². The molecule has 1 aliphatic heterocycles. The van der Waals surface area contributed by atoms with E-state index in [1.807, 2.05) is 55.6 Å². The number of anilines is 1. The van der Waals surface area contributed by atoms with Crippen LogP contribution in [0.25, 0.3) is 22.3 Å². The zero-order chi connectivity index (χ0) is 19.7. The molecule has 2 heterocycles. The lowest BCUT2D eigenvalue weighted by Gasteiger charge is -2.17. The largest absolute Gasteiger partial charge is 0.274 e. The maximum absolute atomic E-state index is 13.0. The average Bonchev–Trinajstić information content (AvgIpc) is 3.41. The fraction of sp³-hybridized carbons (Fsp3) is 0.250. The average molecular weight is 381 g/mol. The van der Waals surface area contributed by atoms with Gasteiger partial charge in [0.25, 0.3) is 0 Å². The molecule has 1 aromatic heterocycles. The maximum Gasteiger partial charge on any atom is 0.238 e. The van der Waals surface area contributed by atoms with Gasteiger partial charge in [-0.1, -0.05) is 24.3 Å². The number of hydrogen-bond acceptors (Lipinski definition) is 4. The number of rotatable bonds is 2. The summed E-state index contributed by atoms with van der Waals surface area (Å²) >= 11 is 0. The summed E-state index contributed by atoms with van der Waals surface area (Å²) in [6.07, 6.45) is 6.99. The van der Waals surface area contributed by atoms with Gasteiger partial charge in [0.15, 0.2) is 5.82 Å². The van der Waals surface area contributed by atoms with Gasteiger partial charge in [0.2, 0.25) is 11.8 Å². The van der Waals surface area contributed by atoms with Crippen molar-refractivity contribution in [3.05, 3.63) is 66.4 Å². The van der Waals surface area contributed by atoms with Gasteiger partial charge >= 0.3 is 0 Å². The lowest BCUT2D eigenvalue weighted by Crippen LogP contribution is -2.32. The SMILES string of the molecule is Cc1ccc2cnc(-c3ccc(N4C(=O)[C@@H]5[C@H](C4=O)C4C=C[C@H]5C4)cc3)nc2c1. The number of benzene rings is 2. The minimum absolute atomic E-state index is 0.0537. The van der Waals surface area contributed by atoms with E-state index in [-0.39, 0.29) is 35.5 Å². The first kappa shape index (κ1) is 16.6. The van der Waals surface area contributed by atoms with Crippen molar-refractivity contribution in [3.8, 4) is 11.4 Å². The number of fused-ring (bicyclic) bond motifs is 6. The van der Waals surface area contributed by atoms with Crippen molar-refractivity contribution in [1.29, 1.82) is 0 Å². The highest BCUT2D eigenvalue weighted by Gasteiger charge is 2.59. The van der Waals surface area contributed by atoms with Crippen LogP contribution in [0.5, 0.6) is 0 Å². The van der Waals surface area contributed by atoms with Gasteiger partial charge in [-0.05, 0) is 61.1 Å². The number of imide groups is 1. The molecule has 0 spiro atoms. The van der Waals surface area contributed by atoms with E-state index in [1.54, 1.807) is 0 Å². The fourth-order valence-electron chi connectivity index (χ4n) is 5.19. The molecule has 3 aromatic rings. The fourth-order valence-corrected chi connectivity index (χ4v) is 5.19. The molecule has 5 nitrogen and oxygen atoms in total. The summed E-state index contributed by atoms with van der Waals surface area (Å²) in [5, 5.41) is 0.999. The first-order valence-electron chi connectivity index (χ1n) is 10.0. The molecule has 142 valence electrons. The van der Waals surface area contributed by atoms with Crippen LogP contribution in [0.1, 0.15) is 12.0 Å². The molecule has 0 radical (unpaired) electrons. The molecule has 4 atom stereocenters. The third kappa shape index (κ3) is 2.33. The number of aromatic nitrogens is 2. The van der Waals surface area contributed by atoms with Crippen molar-refractivity contribution in [3.63, 3.8) is 0 Å². The zero-order valence-corrected chi connectivity index (χ0v) is 15.9. The molecule has 2 aromatic carbocycles. The van der Waals surface area contributed by atoms with Crippen molar-refractivity contribution in [2.45, 2.75) is 13.3 Å². The molecule has 6 rings (SSSR count). The van der Waals surface area contributed by atoms with Gasteiger partial charge in [-0.3, -0.25) is 14.5 Å². The number of amides is 2. The predicted molar refractivity (Wildman–Crippen MR) is 110 cm³/mol. The van der Waals surface area contributed by atoms with E-state index in [0.29, 0.717) is 11.5 Å². The van der Waals surface area contributed by atoms with Gasteiger partial charge in [0.05, 0.1) is 23.0 Å². The van der Waals surface area contributed by atoms with Crippen molar-refractivity contribution >= 4 is 28.4 Å². The Labute approximate surface area is 168 Å². The van der Waals surface area contributed by atoms with Crippen LogP contribution in [0.4, 0.5) is 5.69 Å². The molecule has 2 amide bonds. The number of nitrogens with zero attached hydrogens (tertiary/aromatic N) is 3. The van der Waals surface area contributed by atoms with Crippen LogP contribution in [0.15, 0.2) is 60.8 Å². The van der Waals surface area contributed by atoms with E-state index < -0.39 is 0 Å². The monoisotopic (exact) mass is 381 g/mol. The number of hydrogen-bond donors (Lipinski definition) is 0. The maximum atomic E-state index is 13.0. The second kappa shape index (κ2) is 5.83. The molecule has 29 heavy (non-hydrogen) atoms. The van der Waals surface area contributed by atoms with Gasteiger partial charge in [0, 0.05) is 17.1 Å². The van der Waals surface area contributed by atoms with E-state index in [1.165, 1.54) is 4.90 Å². The molecule has 3 aliphatic rings. The molecule has 1 unspecified atom stereocenters. The molecule has 1 saturated heterocycles. The summed E-state index contributed by atoms with van der Waals surface area (Å²) in [5.41, 5.74) is 3.55. The summed E-state index contributed by atoms with van der Waals surface area (Å²) in [5.74, 6) is 0.616. The van der Waals surface area contributed by atoms with Crippen LogP contribution in [-0.2, 0) is 9.59 Å². The van der Waals surface area contributed by atoms with Gasteiger partial charge in [0.1, 0.15) is 0 Å². The van der Waals surface area contributed by atoms with Crippen LogP contribution in [0, 0.1) is 30.6 Å². The Kier molecular flexibility index (Phi) is 3.34. The summed E-state index contributed by atoms with van der Waals surface area (Å²) in [6, 6.07) is 13.5. The Morgan fingerprint density at radius 3 is 2.31 bits per heavy atom. The first-order valence-corrected chi connectivity index (χ1v) is 10.0. The quantitative estimate of drug-likeness (QED) is 0.499. The smallest absolute Gasteiger partial charge is 0.238 e.